The summed E-state index contributed by atoms with van der Waals surface area (Å²) in [7, 11) is 0. The summed E-state index contributed by atoms with van der Waals surface area (Å²) in [5.74, 6) is -4.86. The maximum Gasteiger partial charge on any atom is 0.458 e. The van der Waals surface area contributed by atoms with Gasteiger partial charge < -0.3 is 9.80 Å². The summed E-state index contributed by atoms with van der Waals surface area (Å²) in [6.07, 6.45) is -3.77. The summed E-state index contributed by atoms with van der Waals surface area (Å²) in [5.41, 5.74) is 0.690. The number of anilines is 1. The van der Waals surface area contributed by atoms with Crippen LogP contribution in [-0.4, -0.2) is 36.8 Å². The molecule has 158 valence electrons. The molecule has 0 bridgehead atoms. The highest BCUT2D eigenvalue weighted by atomic mass is 19.4. The minimum absolute atomic E-state index is 0.201. The molecule has 0 unspecified atom stereocenters. The van der Waals surface area contributed by atoms with Crippen molar-refractivity contribution in [1.82, 2.24) is 4.90 Å². The van der Waals surface area contributed by atoms with Crippen LogP contribution in [0.1, 0.15) is 30.9 Å². The number of alkyl halides is 5. The summed E-state index contributed by atoms with van der Waals surface area (Å²) in [5, 5.41) is 0. The average molecular weight is 412 g/mol. The Labute approximate surface area is 167 Å². The minimum Gasteiger partial charge on any atom is -0.364 e. The van der Waals surface area contributed by atoms with Gasteiger partial charge in [0.2, 0.25) is 0 Å². The van der Waals surface area contributed by atoms with Crippen LogP contribution in [0, 0.1) is 0 Å². The van der Waals surface area contributed by atoms with Crippen molar-refractivity contribution >= 4 is 5.69 Å². The Hall–Kier alpha value is -2.15. The Morgan fingerprint density at radius 1 is 0.897 bits per heavy atom. The van der Waals surface area contributed by atoms with Gasteiger partial charge in [-0.05, 0) is 37.1 Å². The van der Waals surface area contributed by atoms with E-state index in [2.05, 4.69) is 16.7 Å². The molecule has 0 aliphatic carbocycles. The molecular formula is C22H25F5N2. The lowest BCUT2D eigenvalue weighted by Crippen LogP contribution is -2.44. The first-order valence-electron chi connectivity index (χ1n) is 9.80. The Kier molecular flexibility index (Phi) is 6.46. The first kappa shape index (κ1) is 21.6. The number of halogens is 5. The lowest BCUT2D eigenvalue weighted by atomic mass is 10.00. The van der Waals surface area contributed by atoms with E-state index in [0.717, 1.165) is 50.2 Å². The van der Waals surface area contributed by atoms with E-state index in [1.165, 1.54) is 12.1 Å². The first-order chi connectivity index (χ1) is 13.7. The molecule has 1 aliphatic rings. The van der Waals surface area contributed by atoms with Crippen molar-refractivity contribution in [2.24, 2.45) is 0 Å². The number of rotatable bonds is 6. The number of hydrogen-bond donors (Lipinski definition) is 0. The van der Waals surface area contributed by atoms with E-state index in [9.17, 15) is 22.0 Å². The molecule has 7 heteroatoms. The van der Waals surface area contributed by atoms with Crippen molar-refractivity contribution in [1.29, 1.82) is 0 Å². The zero-order valence-electron chi connectivity index (χ0n) is 16.3. The fraction of sp³-hybridized carbons (Fsp3) is 0.455. The summed E-state index contributed by atoms with van der Waals surface area (Å²) < 4.78 is 65.3. The zero-order chi connectivity index (χ0) is 21.1. The van der Waals surface area contributed by atoms with E-state index in [1.54, 1.807) is 0 Å². The van der Waals surface area contributed by atoms with Crippen LogP contribution in [0.2, 0.25) is 0 Å². The summed E-state index contributed by atoms with van der Waals surface area (Å²) in [4.78, 5) is 4.47. The van der Waals surface area contributed by atoms with Gasteiger partial charge in [0.1, 0.15) is 0 Å². The largest absolute Gasteiger partial charge is 0.458 e. The van der Waals surface area contributed by atoms with Crippen molar-refractivity contribution in [3.05, 3.63) is 65.7 Å². The van der Waals surface area contributed by atoms with Crippen molar-refractivity contribution in [2.45, 2.75) is 44.5 Å². The van der Waals surface area contributed by atoms with Crippen LogP contribution in [0.4, 0.5) is 27.6 Å². The Bertz CT molecular complexity index is 766. The van der Waals surface area contributed by atoms with Gasteiger partial charge in [-0.15, -0.1) is 0 Å². The van der Waals surface area contributed by atoms with Crippen LogP contribution < -0.4 is 4.90 Å². The smallest absolute Gasteiger partial charge is 0.364 e. The maximum absolute atomic E-state index is 13.6. The van der Waals surface area contributed by atoms with Gasteiger partial charge in [-0.25, -0.2) is 0 Å². The van der Waals surface area contributed by atoms with Crippen molar-refractivity contribution < 1.29 is 22.0 Å². The van der Waals surface area contributed by atoms with E-state index in [1.807, 2.05) is 30.3 Å². The first-order valence-corrected chi connectivity index (χ1v) is 9.80. The Balaban J connectivity index is 1.86. The van der Waals surface area contributed by atoms with Crippen LogP contribution in [0.5, 0.6) is 0 Å². The number of hydrogen-bond acceptors (Lipinski definition) is 2. The van der Waals surface area contributed by atoms with E-state index < -0.39 is 17.7 Å². The molecule has 0 radical (unpaired) electrons. The fourth-order valence-corrected chi connectivity index (χ4v) is 3.78. The molecule has 1 aliphatic heterocycles. The van der Waals surface area contributed by atoms with E-state index >= 15 is 0 Å². The van der Waals surface area contributed by atoms with Crippen LogP contribution >= 0.6 is 0 Å². The summed E-state index contributed by atoms with van der Waals surface area (Å²) in [6, 6.07) is 14.5. The van der Waals surface area contributed by atoms with Gasteiger partial charge in [0, 0.05) is 36.9 Å². The third-order valence-corrected chi connectivity index (χ3v) is 5.56. The maximum atomic E-state index is 13.6. The molecule has 0 amide bonds. The second-order valence-electron chi connectivity index (χ2n) is 7.40. The quantitative estimate of drug-likeness (QED) is 0.551. The molecule has 0 spiro atoms. The number of benzene rings is 2. The molecule has 1 heterocycles. The van der Waals surface area contributed by atoms with Crippen LogP contribution in [0.15, 0.2) is 54.6 Å². The van der Waals surface area contributed by atoms with Gasteiger partial charge >= 0.3 is 12.1 Å². The molecule has 0 N–H and O–H groups in total. The molecule has 2 aromatic rings. The molecule has 3 rings (SSSR count). The number of nitrogens with zero attached hydrogens (tertiary/aromatic N) is 2. The second kappa shape index (κ2) is 8.69. The monoisotopic (exact) mass is 412 g/mol. The van der Waals surface area contributed by atoms with E-state index in [0.29, 0.717) is 12.2 Å². The number of likely N-dealkylation sites (tertiary alicyclic amines) is 1. The van der Waals surface area contributed by atoms with Crippen LogP contribution in [0.3, 0.4) is 0 Å². The van der Waals surface area contributed by atoms with Gasteiger partial charge in [-0.2, -0.15) is 22.0 Å². The Morgan fingerprint density at radius 3 is 2.00 bits per heavy atom. The minimum atomic E-state index is -5.61. The highest BCUT2D eigenvalue weighted by Gasteiger charge is 2.58. The normalized spacial score (nSPS) is 16.8. The molecule has 0 aromatic heterocycles. The molecule has 0 atom stereocenters. The number of piperidine rings is 1. The van der Waals surface area contributed by atoms with Crippen molar-refractivity contribution in [3.63, 3.8) is 0 Å². The van der Waals surface area contributed by atoms with Crippen LogP contribution in [0.25, 0.3) is 0 Å². The third-order valence-electron chi connectivity index (χ3n) is 5.56. The fourth-order valence-electron chi connectivity index (χ4n) is 3.78. The standard InChI is InChI=1S/C22H25F5N2/c1-2-28-14-12-20(13-15-28)29(16-17-6-4-3-5-7-17)19-10-8-18(9-11-19)21(23,24)22(25,26)27/h3-11,20H,2,12-16H2,1H3. The topological polar surface area (TPSA) is 6.48 Å². The highest BCUT2D eigenvalue weighted by Crippen LogP contribution is 2.44. The van der Waals surface area contributed by atoms with Gasteiger partial charge in [0.15, 0.2) is 0 Å². The SMILES string of the molecule is CCN1CCC(N(Cc2ccccc2)c2ccc(C(F)(F)C(F)(F)F)cc2)CC1. The molecule has 2 nitrogen and oxygen atoms in total. The van der Waals surface area contributed by atoms with Gasteiger partial charge in [-0.1, -0.05) is 49.4 Å². The van der Waals surface area contributed by atoms with E-state index in [4.69, 9.17) is 0 Å². The predicted octanol–water partition coefficient (Wildman–Crippen LogP) is 5.83. The average Bonchev–Trinajstić information content (AvgIpc) is 2.72. The molecule has 29 heavy (non-hydrogen) atoms. The summed E-state index contributed by atoms with van der Waals surface area (Å²) in [6.45, 7) is 5.55. The van der Waals surface area contributed by atoms with Gasteiger partial charge in [-0.3, -0.25) is 0 Å². The third kappa shape index (κ3) is 4.89. The highest BCUT2D eigenvalue weighted by molar-refractivity contribution is 5.50. The Morgan fingerprint density at radius 2 is 1.48 bits per heavy atom. The zero-order valence-corrected chi connectivity index (χ0v) is 16.3. The summed E-state index contributed by atoms with van der Waals surface area (Å²) >= 11 is 0. The molecule has 1 fully saturated rings. The molecule has 1 saturated heterocycles. The molecule has 0 saturated carbocycles. The lowest BCUT2D eigenvalue weighted by molar-refractivity contribution is -0.289. The predicted molar refractivity (Wildman–Crippen MR) is 104 cm³/mol. The molecular weight excluding hydrogens is 387 g/mol. The van der Waals surface area contributed by atoms with E-state index in [-0.39, 0.29) is 6.04 Å². The molecule has 2 aromatic carbocycles. The second-order valence-corrected chi connectivity index (χ2v) is 7.40. The lowest BCUT2D eigenvalue weighted by Gasteiger charge is -2.40. The van der Waals surface area contributed by atoms with Gasteiger partial charge in [0.25, 0.3) is 0 Å². The van der Waals surface area contributed by atoms with Gasteiger partial charge in [0.05, 0.1) is 0 Å². The van der Waals surface area contributed by atoms with Crippen molar-refractivity contribution in [3.8, 4) is 0 Å². The van der Waals surface area contributed by atoms with Crippen molar-refractivity contribution in [2.75, 3.05) is 24.5 Å². The van der Waals surface area contributed by atoms with Crippen LogP contribution in [-0.2, 0) is 12.5 Å².